The summed E-state index contributed by atoms with van der Waals surface area (Å²) in [6.45, 7) is 6.21. The topological polar surface area (TPSA) is 144 Å². The third-order valence-electron chi connectivity index (χ3n) is 6.29. The number of aliphatic carboxylic acids is 1. The molecule has 2 aromatic heterocycles. The number of ether oxygens (including phenoxy) is 1. The van der Waals surface area contributed by atoms with Crippen molar-refractivity contribution in [2.24, 2.45) is 0 Å². The smallest absolute Gasteiger partial charge is 0.326 e. The predicted octanol–water partition coefficient (Wildman–Crippen LogP) is 4.63. The van der Waals surface area contributed by atoms with Crippen molar-refractivity contribution in [3.8, 4) is 5.75 Å². The van der Waals surface area contributed by atoms with E-state index in [0.717, 1.165) is 35.2 Å². The number of halogens is 1. The van der Waals surface area contributed by atoms with E-state index < -0.39 is 17.8 Å². The number of carbonyl (C=O) groups excluding carboxylic acids is 1. The normalized spacial score (nSPS) is 14.2. The minimum atomic E-state index is -0.928. The summed E-state index contributed by atoms with van der Waals surface area (Å²) in [4.78, 5) is 35.6. The summed E-state index contributed by atoms with van der Waals surface area (Å²) in [5.74, 6) is -0.390. The molecule has 0 bridgehead atoms. The molecule has 0 saturated carbocycles. The van der Waals surface area contributed by atoms with Gasteiger partial charge < -0.3 is 25.8 Å². The second kappa shape index (κ2) is 12.7. The molecule has 4 N–H and O–H groups in total. The molecule has 1 amide bonds. The highest BCUT2D eigenvalue weighted by molar-refractivity contribution is 5.93. The second-order valence-corrected chi connectivity index (χ2v) is 9.06. The molecule has 0 radical (unpaired) electrons. The fourth-order valence-electron chi connectivity index (χ4n) is 4.26. The molecule has 1 fully saturated rings. The molecule has 5 rings (SSSR count). The molecule has 0 spiro atoms. The first-order chi connectivity index (χ1) is 19.3. The second-order valence-electron chi connectivity index (χ2n) is 9.06. The van der Waals surface area contributed by atoms with Crippen molar-refractivity contribution in [3.63, 3.8) is 0 Å². The Morgan fingerprint density at radius 2 is 2.05 bits per heavy atom. The summed E-state index contributed by atoms with van der Waals surface area (Å²) in [5.41, 5.74) is 8.88. The lowest BCUT2D eigenvalue weighted by Crippen LogP contribution is -2.39. The number of pyridine rings is 1. The maximum absolute atomic E-state index is 13.7. The van der Waals surface area contributed by atoms with Gasteiger partial charge in [-0.2, -0.15) is 0 Å². The van der Waals surface area contributed by atoms with E-state index in [4.69, 9.17) is 15.6 Å². The van der Waals surface area contributed by atoms with E-state index in [1.165, 1.54) is 23.4 Å². The molecule has 1 aliphatic heterocycles. The fraction of sp³-hybridized carbons (Fsp3) is 0.207. The number of carboxylic acids is 1. The molecule has 10 nitrogen and oxygen atoms in total. The van der Waals surface area contributed by atoms with E-state index in [-0.39, 0.29) is 11.6 Å². The molecular weight excluding hydrogens is 515 g/mol. The van der Waals surface area contributed by atoms with Crippen molar-refractivity contribution < 1.29 is 23.8 Å². The van der Waals surface area contributed by atoms with Crippen molar-refractivity contribution in [1.29, 1.82) is 0 Å². The van der Waals surface area contributed by atoms with Crippen LogP contribution in [0.2, 0.25) is 0 Å². The lowest BCUT2D eigenvalue weighted by Gasteiger charge is -2.18. The molecule has 206 valence electrons. The monoisotopic (exact) mass is 544 g/mol. The number of anilines is 3. The number of carboxylic acid groups (broad SMARTS) is 1. The van der Waals surface area contributed by atoms with Crippen LogP contribution in [0.25, 0.3) is 10.9 Å². The molecule has 1 atom stereocenters. The van der Waals surface area contributed by atoms with Gasteiger partial charge in [-0.3, -0.25) is 9.78 Å². The average molecular weight is 545 g/mol. The van der Waals surface area contributed by atoms with Gasteiger partial charge in [0.2, 0.25) is 5.91 Å². The molecule has 4 aromatic rings. The number of carbonyl (C=O) groups is 2. The van der Waals surface area contributed by atoms with Gasteiger partial charge in [-0.1, -0.05) is 12.6 Å². The van der Waals surface area contributed by atoms with Gasteiger partial charge in [0.05, 0.1) is 16.9 Å². The molecular formula is C29H29FN6O4. The van der Waals surface area contributed by atoms with Crippen LogP contribution in [-0.4, -0.2) is 49.4 Å². The Morgan fingerprint density at radius 1 is 1.23 bits per heavy atom. The van der Waals surface area contributed by atoms with Crippen LogP contribution in [0, 0.1) is 12.7 Å². The summed E-state index contributed by atoms with van der Waals surface area (Å²) in [6.07, 6.45) is 5.59. The molecule has 1 saturated heterocycles. The van der Waals surface area contributed by atoms with Gasteiger partial charge in [-0.25, -0.2) is 19.2 Å². The van der Waals surface area contributed by atoms with Crippen molar-refractivity contribution in [2.45, 2.75) is 32.4 Å². The fourth-order valence-corrected chi connectivity index (χ4v) is 4.26. The third kappa shape index (κ3) is 6.68. The first kappa shape index (κ1) is 28.0. The van der Waals surface area contributed by atoms with Crippen LogP contribution < -0.4 is 15.8 Å². The number of nitrogens with two attached hydrogens (primary N) is 1. The van der Waals surface area contributed by atoms with E-state index in [9.17, 15) is 14.0 Å². The van der Waals surface area contributed by atoms with Gasteiger partial charge >= 0.3 is 5.97 Å². The first-order valence-electron chi connectivity index (χ1n) is 12.5. The van der Waals surface area contributed by atoms with Crippen LogP contribution in [0.4, 0.5) is 21.6 Å². The lowest BCUT2D eigenvalue weighted by molar-refractivity contribution is -0.146. The van der Waals surface area contributed by atoms with Crippen LogP contribution in [0.15, 0.2) is 73.7 Å². The van der Waals surface area contributed by atoms with E-state index in [2.05, 4.69) is 26.8 Å². The minimum absolute atomic E-state index is 0.0554. The maximum atomic E-state index is 13.7. The van der Waals surface area contributed by atoms with Crippen molar-refractivity contribution in [3.05, 3.63) is 90.8 Å². The van der Waals surface area contributed by atoms with Gasteiger partial charge in [-0.05, 0) is 67.8 Å². The Morgan fingerprint density at radius 3 is 2.75 bits per heavy atom. The molecule has 3 heterocycles. The van der Waals surface area contributed by atoms with Gasteiger partial charge in [0.1, 0.15) is 36.4 Å². The largest absolute Gasteiger partial charge is 0.487 e. The highest BCUT2D eigenvalue weighted by Crippen LogP contribution is 2.29. The zero-order valence-electron chi connectivity index (χ0n) is 21.9. The number of nitrogens with zero attached hydrogens (tertiary/aromatic N) is 4. The number of hydrogen-bond donors (Lipinski definition) is 3. The van der Waals surface area contributed by atoms with E-state index >= 15 is 0 Å². The number of fused-ring (bicyclic) bond motifs is 1. The van der Waals surface area contributed by atoms with Gasteiger partial charge in [0.15, 0.2) is 0 Å². The summed E-state index contributed by atoms with van der Waals surface area (Å²) < 4.78 is 19.5. The summed E-state index contributed by atoms with van der Waals surface area (Å²) in [6, 6.07) is 13.6. The summed E-state index contributed by atoms with van der Waals surface area (Å²) in [5, 5.41) is 12.6. The van der Waals surface area contributed by atoms with Gasteiger partial charge in [-0.15, -0.1) is 0 Å². The predicted molar refractivity (Wildman–Crippen MR) is 150 cm³/mol. The van der Waals surface area contributed by atoms with E-state index in [1.54, 1.807) is 6.20 Å². The Hall–Kier alpha value is -5.06. The number of nitrogen functional groups attached to an aromatic ring is 1. The van der Waals surface area contributed by atoms with Gasteiger partial charge in [0.25, 0.3) is 0 Å². The van der Waals surface area contributed by atoms with Crippen molar-refractivity contribution >= 4 is 40.0 Å². The Kier molecular flexibility index (Phi) is 8.85. The number of benzene rings is 2. The number of nitrogens with one attached hydrogen (secondary N) is 1. The number of aromatic nitrogens is 3. The van der Waals surface area contributed by atoms with Crippen LogP contribution in [0.3, 0.4) is 0 Å². The van der Waals surface area contributed by atoms with Crippen LogP contribution in [-0.2, 0) is 16.2 Å². The number of amides is 1. The molecule has 0 aliphatic carbocycles. The summed E-state index contributed by atoms with van der Waals surface area (Å²) >= 11 is 0. The molecule has 1 aliphatic rings. The SMILES string of the molecule is C=CC(=O)N1CCC[C@H]1C(=O)O.Cc1cc(Nc2ncnc3cc(F)c(N)cc23)ccc1OCc1ccccn1. The Labute approximate surface area is 230 Å². The molecule has 11 heteroatoms. The highest BCUT2D eigenvalue weighted by atomic mass is 19.1. The minimum Gasteiger partial charge on any atom is -0.487 e. The Balaban J connectivity index is 0.000000259. The third-order valence-corrected chi connectivity index (χ3v) is 6.29. The van der Waals surface area contributed by atoms with Gasteiger partial charge in [0, 0.05) is 29.9 Å². The first-order valence-corrected chi connectivity index (χ1v) is 12.5. The number of likely N-dealkylation sites (tertiary alicyclic amines) is 1. The van der Waals surface area contributed by atoms with Crippen molar-refractivity contribution in [2.75, 3.05) is 17.6 Å². The molecule has 0 unspecified atom stereocenters. The van der Waals surface area contributed by atoms with Crippen LogP contribution >= 0.6 is 0 Å². The average Bonchev–Trinajstić information content (AvgIpc) is 3.45. The summed E-state index contributed by atoms with van der Waals surface area (Å²) in [7, 11) is 0. The zero-order chi connectivity index (χ0) is 28.6. The standard InChI is InChI=1S/C21H18FN5O.C8H11NO3/c1-13-8-14(5-6-20(13)28-11-15-4-2-3-7-24-15)27-21-16-9-18(23)17(22)10-19(16)25-12-26-21;1-2-7(10)9-5-3-4-6(9)8(11)12/h2-10,12H,11,23H2,1H3,(H,25,26,27);2,6H,1,3-5H2,(H,11,12)/t;6-/m.0/s1. The highest BCUT2D eigenvalue weighted by Gasteiger charge is 2.32. The molecule has 40 heavy (non-hydrogen) atoms. The van der Waals surface area contributed by atoms with E-state index in [0.29, 0.717) is 36.3 Å². The maximum Gasteiger partial charge on any atom is 0.326 e. The molecule has 2 aromatic carbocycles. The van der Waals surface area contributed by atoms with Crippen LogP contribution in [0.1, 0.15) is 24.1 Å². The van der Waals surface area contributed by atoms with E-state index in [1.807, 2.05) is 43.3 Å². The zero-order valence-corrected chi connectivity index (χ0v) is 21.9. The quantitative estimate of drug-likeness (QED) is 0.224. The Bertz CT molecular complexity index is 1530. The lowest BCUT2D eigenvalue weighted by atomic mass is 10.1. The van der Waals surface area contributed by atoms with Crippen LogP contribution in [0.5, 0.6) is 5.75 Å². The number of rotatable bonds is 7. The number of hydrogen-bond acceptors (Lipinski definition) is 8. The number of aryl methyl sites for hydroxylation is 1. The van der Waals surface area contributed by atoms with Crippen molar-refractivity contribution in [1.82, 2.24) is 19.9 Å².